The van der Waals surface area contributed by atoms with Gasteiger partial charge in [0, 0.05) is 44.1 Å². The fraction of sp³-hybridized carbons (Fsp3) is 0.0645. The first-order valence-corrected chi connectivity index (χ1v) is 13.2. The third-order valence-corrected chi connectivity index (χ3v) is 7.77. The first kappa shape index (κ1) is 25.6. The summed E-state index contributed by atoms with van der Waals surface area (Å²) in [6, 6.07) is 31.2. The third-order valence-electron chi connectivity index (χ3n) is 6.35. The second kappa shape index (κ2) is 11.2. The van der Waals surface area contributed by atoms with Crippen LogP contribution in [0.4, 0.5) is 5.82 Å². The van der Waals surface area contributed by atoms with Gasteiger partial charge in [-0.15, -0.1) is 0 Å². The van der Waals surface area contributed by atoms with Crippen molar-refractivity contribution in [3.63, 3.8) is 0 Å². The van der Waals surface area contributed by atoms with E-state index in [4.69, 9.17) is 57.1 Å². The molecule has 184 valence electrons. The molecule has 5 rings (SSSR count). The molecule has 37 heavy (non-hydrogen) atoms. The molecule has 0 aliphatic rings. The van der Waals surface area contributed by atoms with Gasteiger partial charge >= 0.3 is 0 Å². The molecule has 4 aromatic carbocycles. The van der Waals surface area contributed by atoms with E-state index in [0.29, 0.717) is 38.8 Å². The van der Waals surface area contributed by atoms with Crippen molar-refractivity contribution in [3.8, 4) is 22.3 Å². The summed E-state index contributed by atoms with van der Waals surface area (Å²) >= 11 is 26.5. The van der Waals surface area contributed by atoms with Crippen LogP contribution in [0.5, 0.6) is 0 Å². The summed E-state index contributed by atoms with van der Waals surface area (Å²) in [5, 5.41) is 2.35. The molecule has 2 N–H and O–H groups in total. The van der Waals surface area contributed by atoms with Crippen molar-refractivity contribution in [2.45, 2.75) is 12.8 Å². The molecule has 0 unspecified atom stereocenters. The number of benzene rings is 4. The van der Waals surface area contributed by atoms with E-state index in [-0.39, 0.29) is 0 Å². The van der Waals surface area contributed by atoms with Gasteiger partial charge in [0.1, 0.15) is 5.82 Å². The zero-order valence-corrected chi connectivity index (χ0v) is 22.7. The van der Waals surface area contributed by atoms with Crippen molar-refractivity contribution in [1.29, 1.82) is 0 Å². The molecular formula is C31H22Cl4N2. The first-order valence-electron chi connectivity index (χ1n) is 11.7. The topological polar surface area (TPSA) is 38.9 Å². The molecule has 0 amide bonds. The van der Waals surface area contributed by atoms with Gasteiger partial charge in [0.2, 0.25) is 0 Å². The monoisotopic (exact) mass is 562 g/mol. The van der Waals surface area contributed by atoms with Gasteiger partial charge in [0.05, 0.1) is 5.69 Å². The van der Waals surface area contributed by atoms with Crippen molar-refractivity contribution in [1.82, 2.24) is 4.98 Å². The van der Waals surface area contributed by atoms with Crippen LogP contribution in [-0.4, -0.2) is 4.98 Å². The molecule has 5 aromatic rings. The van der Waals surface area contributed by atoms with Gasteiger partial charge in [-0.05, 0) is 52.1 Å². The van der Waals surface area contributed by atoms with Crippen molar-refractivity contribution in [3.05, 3.63) is 140 Å². The number of halogens is 4. The molecule has 0 saturated heterocycles. The standard InChI is InChI=1S/C31H22Cl4N2/c32-24-13-7-14-25(33)21(24)17-23-29(19-9-3-1-4-10-19)28(18-22-26(34)15-8-16-27(22)35)37-31(36)30(23)20-11-5-2-6-12-20/h1-16H,17-18H2,(H2,36,37). The molecule has 2 nitrogen and oxygen atoms in total. The third kappa shape index (κ3) is 5.35. The number of nitrogens with two attached hydrogens (primary N) is 1. The zero-order valence-electron chi connectivity index (χ0n) is 19.7. The van der Waals surface area contributed by atoms with E-state index in [0.717, 1.165) is 44.6 Å². The molecule has 0 aliphatic heterocycles. The Kier molecular flexibility index (Phi) is 7.73. The van der Waals surface area contributed by atoms with Crippen LogP contribution in [0.25, 0.3) is 22.3 Å². The predicted molar refractivity (Wildman–Crippen MR) is 158 cm³/mol. The predicted octanol–water partition coefficient (Wildman–Crippen LogP) is 9.79. The van der Waals surface area contributed by atoms with Crippen LogP contribution in [-0.2, 0) is 12.8 Å². The van der Waals surface area contributed by atoms with Gasteiger partial charge in [-0.1, -0.05) is 119 Å². The summed E-state index contributed by atoms with van der Waals surface area (Å²) in [6.07, 6.45) is 0.869. The molecular weight excluding hydrogens is 542 g/mol. The van der Waals surface area contributed by atoms with Gasteiger partial charge in [-0.2, -0.15) is 0 Å². The summed E-state index contributed by atoms with van der Waals surface area (Å²) in [5.74, 6) is 0.419. The lowest BCUT2D eigenvalue weighted by atomic mass is 9.86. The Bertz CT molecular complexity index is 1530. The van der Waals surface area contributed by atoms with E-state index < -0.39 is 0 Å². The molecule has 0 fully saturated rings. The lowest BCUT2D eigenvalue weighted by Gasteiger charge is -2.22. The normalized spacial score (nSPS) is 11.0. The van der Waals surface area contributed by atoms with Crippen LogP contribution >= 0.6 is 46.4 Å². The Balaban J connectivity index is 1.84. The number of aromatic nitrogens is 1. The molecule has 1 aromatic heterocycles. The van der Waals surface area contributed by atoms with Gasteiger partial charge in [-0.25, -0.2) is 4.98 Å². The maximum absolute atomic E-state index is 6.72. The van der Waals surface area contributed by atoms with Crippen LogP contribution in [0.2, 0.25) is 20.1 Å². The maximum Gasteiger partial charge on any atom is 0.131 e. The summed E-state index contributed by atoms with van der Waals surface area (Å²) in [6.45, 7) is 0. The van der Waals surface area contributed by atoms with Crippen LogP contribution in [0.1, 0.15) is 22.4 Å². The number of anilines is 1. The lowest BCUT2D eigenvalue weighted by Crippen LogP contribution is -2.09. The van der Waals surface area contributed by atoms with Crippen molar-refractivity contribution >= 4 is 52.2 Å². The number of nitrogens with zero attached hydrogens (tertiary/aromatic N) is 1. The number of hydrogen-bond donors (Lipinski definition) is 1. The summed E-state index contributed by atoms with van der Waals surface area (Å²) in [4.78, 5) is 4.95. The SMILES string of the molecule is Nc1nc(Cc2c(Cl)cccc2Cl)c(-c2ccccc2)c(Cc2c(Cl)cccc2Cl)c1-c1ccccc1. The van der Waals surface area contributed by atoms with Crippen molar-refractivity contribution in [2.75, 3.05) is 5.73 Å². The minimum Gasteiger partial charge on any atom is -0.383 e. The van der Waals surface area contributed by atoms with E-state index in [1.54, 1.807) is 0 Å². The minimum absolute atomic E-state index is 0.408. The van der Waals surface area contributed by atoms with Gasteiger partial charge in [0.15, 0.2) is 0 Å². The van der Waals surface area contributed by atoms with E-state index >= 15 is 0 Å². The molecule has 0 aliphatic carbocycles. The molecule has 0 radical (unpaired) electrons. The highest BCUT2D eigenvalue weighted by Gasteiger charge is 2.24. The van der Waals surface area contributed by atoms with Crippen LogP contribution in [0, 0.1) is 0 Å². The molecule has 0 spiro atoms. The Morgan fingerprint density at radius 1 is 0.486 bits per heavy atom. The van der Waals surface area contributed by atoms with Gasteiger partial charge in [0.25, 0.3) is 0 Å². The van der Waals surface area contributed by atoms with E-state index in [2.05, 4.69) is 12.1 Å². The minimum atomic E-state index is 0.408. The second-order valence-electron chi connectivity index (χ2n) is 8.66. The average molecular weight is 564 g/mol. The Morgan fingerprint density at radius 3 is 1.41 bits per heavy atom. The average Bonchev–Trinajstić information content (AvgIpc) is 2.89. The fourth-order valence-corrected chi connectivity index (χ4v) is 5.70. The Labute approximate surface area is 236 Å². The number of pyridine rings is 1. The smallest absolute Gasteiger partial charge is 0.131 e. The summed E-state index contributed by atoms with van der Waals surface area (Å²) in [5.41, 5.74) is 13.9. The van der Waals surface area contributed by atoms with Crippen molar-refractivity contribution in [2.24, 2.45) is 0 Å². The highest BCUT2D eigenvalue weighted by molar-refractivity contribution is 6.36. The second-order valence-corrected chi connectivity index (χ2v) is 10.3. The van der Waals surface area contributed by atoms with Crippen LogP contribution in [0.3, 0.4) is 0 Å². The van der Waals surface area contributed by atoms with E-state index in [9.17, 15) is 0 Å². The molecule has 0 saturated carbocycles. The van der Waals surface area contributed by atoms with Gasteiger partial charge < -0.3 is 5.73 Å². The van der Waals surface area contributed by atoms with E-state index in [1.165, 1.54) is 0 Å². The first-order chi connectivity index (χ1) is 17.9. The zero-order chi connectivity index (χ0) is 25.9. The van der Waals surface area contributed by atoms with Crippen molar-refractivity contribution < 1.29 is 0 Å². The Morgan fingerprint density at radius 2 is 0.919 bits per heavy atom. The number of hydrogen-bond acceptors (Lipinski definition) is 2. The number of rotatable bonds is 6. The Hall–Kier alpha value is -3.01. The van der Waals surface area contributed by atoms with Gasteiger partial charge in [-0.3, -0.25) is 0 Å². The summed E-state index contributed by atoms with van der Waals surface area (Å²) in [7, 11) is 0. The molecule has 6 heteroatoms. The highest BCUT2D eigenvalue weighted by Crippen LogP contribution is 2.42. The quantitative estimate of drug-likeness (QED) is 0.223. The van der Waals surface area contributed by atoms with Crippen LogP contribution in [0.15, 0.2) is 97.1 Å². The molecule has 0 bridgehead atoms. The maximum atomic E-state index is 6.72. The molecule has 1 heterocycles. The summed E-state index contributed by atoms with van der Waals surface area (Å²) < 4.78 is 0. The lowest BCUT2D eigenvalue weighted by molar-refractivity contribution is 1.06. The fourth-order valence-electron chi connectivity index (χ4n) is 4.63. The van der Waals surface area contributed by atoms with Crippen LogP contribution < -0.4 is 5.73 Å². The molecule has 0 atom stereocenters. The highest BCUT2D eigenvalue weighted by atomic mass is 35.5. The largest absolute Gasteiger partial charge is 0.383 e. The van der Waals surface area contributed by atoms with E-state index in [1.807, 2.05) is 84.9 Å². The number of nitrogen functional groups attached to an aromatic ring is 1.